The Morgan fingerprint density at radius 1 is 0.742 bits per heavy atom. The van der Waals surface area contributed by atoms with Gasteiger partial charge in [0.05, 0.1) is 42.0 Å². The number of benzene rings is 3. The van der Waals surface area contributed by atoms with Crippen LogP contribution in [0.15, 0.2) is 113 Å². The van der Waals surface area contributed by atoms with Crippen LogP contribution >= 0.6 is 21.6 Å². The van der Waals surface area contributed by atoms with Crippen molar-refractivity contribution >= 4 is 39.4 Å². The number of hydrogen-bond acceptors (Lipinski definition) is 17. The van der Waals surface area contributed by atoms with E-state index in [-0.39, 0.29) is 87.4 Å². The molecule has 3 aliphatic heterocycles. The van der Waals surface area contributed by atoms with E-state index >= 15 is 9.59 Å². The van der Waals surface area contributed by atoms with Crippen molar-refractivity contribution < 1.29 is 64.7 Å². The molecule has 3 aromatic carbocycles. The van der Waals surface area contributed by atoms with Gasteiger partial charge in [0.2, 0.25) is 6.29 Å². The molecule has 21 unspecified atom stereocenters. The number of ether oxygens (including phenoxy) is 2. The van der Waals surface area contributed by atoms with E-state index in [1.54, 1.807) is 30.3 Å². The van der Waals surface area contributed by atoms with Crippen LogP contribution in [0.25, 0.3) is 0 Å². The number of aliphatic hydroxyl groups is 7. The van der Waals surface area contributed by atoms with Crippen LogP contribution in [0.1, 0.15) is 185 Å². The summed E-state index contributed by atoms with van der Waals surface area (Å²) in [6, 6.07) is 20.1. The molecule has 10 bridgehead atoms. The summed E-state index contributed by atoms with van der Waals surface area (Å²) in [7, 11) is 3.01. The lowest BCUT2D eigenvalue weighted by atomic mass is 9.46. The van der Waals surface area contributed by atoms with Gasteiger partial charge in [-0.15, -0.1) is 0 Å². The van der Waals surface area contributed by atoms with Crippen molar-refractivity contribution in [2.45, 2.75) is 208 Å². The number of phenolic OH excluding ortho intramolecular Hbond substituents is 1. The van der Waals surface area contributed by atoms with Gasteiger partial charge in [0.25, 0.3) is 0 Å². The molecule has 9 saturated carbocycles. The summed E-state index contributed by atoms with van der Waals surface area (Å²) in [6.45, 7) is -0.359. The summed E-state index contributed by atoms with van der Waals surface area (Å²) in [4.78, 5) is 47.5. The first kappa shape index (κ1) is 64.2. The zero-order valence-corrected chi connectivity index (χ0v) is 57.2. The first-order valence-corrected chi connectivity index (χ1v) is 39.4. The average Bonchev–Trinajstić information content (AvgIpc) is 1.52. The summed E-state index contributed by atoms with van der Waals surface area (Å²) in [5.74, 6) is -2.26. The van der Waals surface area contributed by atoms with Crippen LogP contribution in [0, 0.1) is 85.8 Å². The van der Waals surface area contributed by atoms with E-state index in [0.29, 0.717) is 73.8 Å². The number of aldehydes is 1. The Morgan fingerprint density at radius 2 is 1.55 bits per heavy atom. The van der Waals surface area contributed by atoms with Crippen LogP contribution in [0.3, 0.4) is 0 Å². The Bertz CT molecular complexity index is 3900. The number of phenols is 1. The van der Waals surface area contributed by atoms with Crippen LogP contribution in [-0.4, -0.2) is 118 Å². The molecule has 3 heterocycles. The molecule has 1 saturated heterocycles. The topological polar surface area (TPSA) is 256 Å². The van der Waals surface area contributed by atoms with Gasteiger partial charge in [-0.3, -0.25) is 9.59 Å². The van der Waals surface area contributed by atoms with Gasteiger partial charge in [-0.2, -0.15) is 0 Å². The Kier molecular flexibility index (Phi) is 15.1. The fraction of sp³-hybridized carbons (Fsp3) is 0.637. The van der Waals surface area contributed by atoms with Gasteiger partial charge in [0.15, 0.2) is 11.6 Å². The largest absolute Gasteiger partial charge is 0.511 e. The van der Waals surface area contributed by atoms with Crippen LogP contribution in [0.4, 0.5) is 0 Å². The summed E-state index contributed by atoms with van der Waals surface area (Å²) < 4.78 is 14.0. The Morgan fingerprint density at radius 3 is 2.37 bits per heavy atom. The molecular formula is C80H96N2O13S2. The Hall–Kier alpha value is -4.95. The van der Waals surface area contributed by atoms with Crippen molar-refractivity contribution in [2.75, 3.05) is 19.0 Å². The number of carbonyl (C=O) groups is 3. The molecule has 19 rings (SSSR count). The number of nitrogens with one attached hydrogen (secondary N) is 2. The summed E-state index contributed by atoms with van der Waals surface area (Å²) in [6.07, 6.45) is 23.2. The lowest BCUT2D eigenvalue weighted by molar-refractivity contribution is -0.392. The molecule has 16 aliphatic rings. The molecule has 0 radical (unpaired) electrons. The molecule has 0 amide bonds. The lowest BCUT2D eigenvalue weighted by Gasteiger charge is -2.65. The number of dihydropyridines is 1. The van der Waals surface area contributed by atoms with Gasteiger partial charge in [-0.25, -0.2) is 0 Å². The number of rotatable bonds is 8. The predicted octanol–water partition coefficient (Wildman–Crippen LogP) is 11.6. The second kappa shape index (κ2) is 22.8. The molecule has 10 fully saturated rings. The fourth-order valence-corrected chi connectivity index (χ4v) is 29.9. The van der Waals surface area contributed by atoms with Gasteiger partial charge in [-0.05, 0) is 256 Å². The maximum absolute atomic E-state index is 17.0. The van der Waals surface area contributed by atoms with Crippen molar-refractivity contribution in [1.29, 1.82) is 0 Å². The van der Waals surface area contributed by atoms with Gasteiger partial charge in [0, 0.05) is 34.6 Å². The van der Waals surface area contributed by atoms with Crippen molar-refractivity contribution in [1.82, 2.24) is 10.6 Å². The van der Waals surface area contributed by atoms with Crippen LogP contribution in [0.2, 0.25) is 0 Å². The zero-order valence-electron chi connectivity index (χ0n) is 55.6. The number of ketones is 2. The lowest BCUT2D eigenvalue weighted by Crippen LogP contribution is -2.81. The summed E-state index contributed by atoms with van der Waals surface area (Å²) in [5.41, 5.74) is -2.41. The van der Waals surface area contributed by atoms with Gasteiger partial charge >= 0.3 is 0 Å². The van der Waals surface area contributed by atoms with Crippen molar-refractivity contribution in [2.24, 2.45) is 85.8 Å². The van der Waals surface area contributed by atoms with Crippen molar-refractivity contribution in [3.8, 4) is 11.5 Å². The molecule has 97 heavy (non-hydrogen) atoms. The summed E-state index contributed by atoms with van der Waals surface area (Å²) in [5, 5.41) is 107. The highest BCUT2D eigenvalue weighted by Gasteiger charge is 2.80. The van der Waals surface area contributed by atoms with E-state index in [2.05, 4.69) is 22.8 Å². The number of allylic oxidation sites excluding steroid dienone is 6. The molecule has 15 nitrogen and oxygen atoms in total. The number of hydrogen-bond donors (Lipinski definition) is 10. The van der Waals surface area contributed by atoms with Crippen molar-refractivity contribution in [3.05, 3.63) is 141 Å². The Balaban J connectivity index is 0.758. The average molecular weight is 1360 g/mol. The SMILES string of the molecule is O=CC1CC2(CCC3(CC(Cc4cccc(O)c4)CC34CCCC4)C2)CC12CC1CC3CC4CC5(CO)OC6Oc7cccc8c7C(=O)C7(C(O)=CC(Cc9cccc(CO)c9)=CC7C8=O)C(C7CCC8CCCCC8(O)C7)SSCNC7=CC(=C3CN7)C1(C2)C4C(O)(C6O)C5O. The van der Waals surface area contributed by atoms with E-state index < -0.39 is 86.8 Å². The van der Waals surface area contributed by atoms with E-state index in [1.165, 1.54) is 71.1 Å². The minimum absolute atomic E-state index is 0.0443. The minimum atomic E-state index is -2.39. The predicted molar refractivity (Wildman–Crippen MR) is 367 cm³/mol. The number of fused-ring (bicyclic) bond motifs is 4. The van der Waals surface area contributed by atoms with Gasteiger partial charge in [-0.1, -0.05) is 102 Å². The van der Waals surface area contributed by atoms with E-state index in [1.807, 2.05) is 42.5 Å². The van der Waals surface area contributed by atoms with Gasteiger partial charge < -0.3 is 65.8 Å². The molecule has 13 aliphatic carbocycles. The quantitative estimate of drug-likeness (QED) is 0.0743. The number of carbonyl (C=O) groups excluding carboxylic acids is 3. The monoisotopic (exact) mass is 1360 g/mol. The highest BCUT2D eigenvalue weighted by molar-refractivity contribution is 8.77. The van der Waals surface area contributed by atoms with Crippen molar-refractivity contribution in [3.63, 3.8) is 0 Å². The molecule has 21 atom stereocenters. The summed E-state index contributed by atoms with van der Waals surface area (Å²) >= 11 is 0. The van der Waals surface area contributed by atoms with E-state index in [9.17, 15) is 45.6 Å². The molecular weight excluding hydrogens is 1260 g/mol. The highest BCUT2D eigenvalue weighted by Crippen LogP contribution is 2.82. The third-order valence-electron chi connectivity index (χ3n) is 30.0. The molecule has 3 aromatic rings. The molecule has 17 heteroatoms. The first-order valence-electron chi connectivity index (χ1n) is 37.0. The second-order valence-electron chi connectivity index (χ2n) is 34.4. The highest BCUT2D eigenvalue weighted by atomic mass is 33.1. The van der Waals surface area contributed by atoms with Crippen LogP contribution in [0.5, 0.6) is 11.5 Å². The second-order valence-corrected chi connectivity index (χ2v) is 36.9. The molecule has 10 N–H and O–H groups in total. The third kappa shape index (κ3) is 9.14. The maximum atomic E-state index is 17.0. The number of aliphatic hydroxyl groups excluding tert-OH is 5. The normalized spacial score (nSPS) is 44.9. The zero-order chi connectivity index (χ0) is 66.4. The minimum Gasteiger partial charge on any atom is -0.511 e. The molecule has 516 valence electrons. The van der Waals surface area contributed by atoms with Crippen LogP contribution in [-0.2, 0) is 29.0 Å². The number of Topliss-reactive ketones (excluding diaryl/α,β-unsaturated/α-hetero) is 2. The Labute approximate surface area is 576 Å². The van der Waals surface area contributed by atoms with E-state index in [0.717, 1.165) is 100 Å². The van der Waals surface area contributed by atoms with E-state index in [4.69, 9.17) is 9.47 Å². The van der Waals surface area contributed by atoms with Gasteiger partial charge in [0.1, 0.15) is 52.4 Å². The van der Waals surface area contributed by atoms with Crippen LogP contribution < -0.4 is 15.4 Å². The smallest absolute Gasteiger partial charge is 0.229 e. The number of aromatic hydroxyl groups is 1. The molecule has 0 aromatic heterocycles. The standard InChI is InChI=1S/C80H96N2O13S2/c83-38-47-10-5-8-45(22-47)23-48-26-60-65(88)57-13-7-14-61-64(57)67(89)79(60,62(87)27-48)69(50-15-16-53-11-1-2-19-76(53,92)33-50)97-96-44-82-63-30-59-58(37-81-63)51-28-52-34-77(43-85)71(91)80(93,68(90)70(94-61)95-77)66(52)78(59)42-73(36-54(78)29-51)40-72(35-55(73)39-84)20-21-75(41-72)32-49(31-74(75)17-3-4-18-74)24-46-9-6-12-56(86)25-46/h5-10,12-14,22,25-27,30,39,49-55,60,66,68-71,81-83,85-87,90-93H,1-4,11,15-21,23-24,28-29,31-38,40-44H2. The third-order valence-corrected chi connectivity index (χ3v) is 32.8. The fourth-order valence-electron chi connectivity index (χ4n) is 26.8. The maximum Gasteiger partial charge on any atom is 0.229 e. The first-order chi connectivity index (χ1) is 46.8. The molecule has 6 spiro atoms.